The summed E-state index contributed by atoms with van der Waals surface area (Å²) >= 11 is 5.80. The van der Waals surface area contributed by atoms with Crippen LogP contribution in [0.2, 0.25) is 5.02 Å². The fourth-order valence-electron chi connectivity index (χ4n) is 2.45. The molecule has 9 heteroatoms. The third kappa shape index (κ3) is 3.49. The van der Waals surface area contributed by atoms with E-state index in [-0.39, 0.29) is 28.1 Å². The van der Waals surface area contributed by atoms with Crippen LogP contribution in [0.15, 0.2) is 63.6 Å². The lowest BCUT2D eigenvalue weighted by Gasteiger charge is -2.08. The zero-order valence-corrected chi connectivity index (χ0v) is 14.7. The van der Waals surface area contributed by atoms with E-state index in [1.807, 2.05) is 0 Å². The van der Waals surface area contributed by atoms with Gasteiger partial charge in [-0.2, -0.15) is 0 Å². The fourth-order valence-corrected chi connectivity index (χ4v) is 2.63. The van der Waals surface area contributed by atoms with Gasteiger partial charge in [0.2, 0.25) is 5.89 Å². The first-order chi connectivity index (χ1) is 13.5. The largest absolute Gasteiger partial charge is 0.459 e. The Hall–Kier alpha value is -3.52. The van der Waals surface area contributed by atoms with E-state index in [9.17, 15) is 13.6 Å². The molecule has 0 fully saturated rings. The second-order valence-electron chi connectivity index (χ2n) is 5.66. The molecule has 2 aromatic carbocycles. The molecule has 0 radical (unpaired) electrons. The number of nitrogens with one attached hydrogen (secondary N) is 1. The van der Waals surface area contributed by atoms with E-state index in [0.29, 0.717) is 11.3 Å². The van der Waals surface area contributed by atoms with Crippen LogP contribution in [0.1, 0.15) is 10.4 Å². The average molecular weight is 402 g/mol. The molecule has 0 aliphatic heterocycles. The number of hydrogen-bond acceptors (Lipinski definition) is 5. The molecule has 0 aliphatic rings. The Morgan fingerprint density at radius 1 is 1.00 bits per heavy atom. The normalized spacial score (nSPS) is 10.8. The molecule has 0 unspecified atom stereocenters. The molecule has 0 aliphatic carbocycles. The van der Waals surface area contributed by atoms with Crippen LogP contribution >= 0.6 is 11.6 Å². The van der Waals surface area contributed by atoms with Gasteiger partial charge >= 0.3 is 0 Å². The molecule has 0 saturated heterocycles. The highest BCUT2D eigenvalue weighted by molar-refractivity contribution is 6.31. The van der Waals surface area contributed by atoms with Crippen molar-refractivity contribution in [3.05, 3.63) is 77.0 Å². The van der Waals surface area contributed by atoms with Crippen LogP contribution < -0.4 is 5.32 Å². The summed E-state index contributed by atoms with van der Waals surface area (Å²) in [6.45, 7) is 0. The molecule has 0 spiro atoms. The Bertz CT molecular complexity index is 1160. The number of hydrogen-bond donors (Lipinski definition) is 1. The van der Waals surface area contributed by atoms with Gasteiger partial charge in [0, 0.05) is 10.6 Å². The van der Waals surface area contributed by atoms with Crippen LogP contribution in [0.4, 0.5) is 14.5 Å². The molecule has 0 atom stereocenters. The van der Waals surface area contributed by atoms with Crippen molar-refractivity contribution in [2.75, 3.05) is 5.32 Å². The second kappa shape index (κ2) is 7.24. The fraction of sp³-hybridized carbons (Fsp3) is 0. The lowest BCUT2D eigenvalue weighted by molar-refractivity contribution is 0.102. The van der Waals surface area contributed by atoms with Crippen molar-refractivity contribution in [1.82, 2.24) is 10.2 Å². The van der Waals surface area contributed by atoms with Gasteiger partial charge in [-0.3, -0.25) is 4.79 Å². The van der Waals surface area contributed by atoms with Gasteiger partial charge in [-0.25, -0.2) is 8.78 Å². The predicted molar refractivity (Wildman–Crippen MR) is 96.8 cm³/mol. The molecular weight excluding hydrogens is 392 g/mol. The Balaban J connectivity index is 1.64. The van der Waals surface area contributed by atoms with E-state index in [1.54, 1.807) is 12.1 Å². The summed E-state index contributed by atoms with van der Waals surface area (Å²) in [6, 6.07) is 10.6. The van der Waals surface area contributed by atoms with E-state index in [4.69, 9.17) is 20.4 Å². The lowest BCUT2D eigenvalue weighted by Crippen LogP contribution is -2.15. The van der Waals surface area contributed by atoms with Gasteiger partial charge in [0.05, 0.1) is 17.5 Å². The van der Waals surface area contributed by atoms with Crippen molar-refractivity contribution >= 4 is 23.2 Å². The van der Waals surface area contributed by atoms with Crippen LogP contribution in [-0.2, 0) is 0 Å². The number of aromatic nitrogens is 2. The van der Waals surface area contributed by atoms with E-state index in [0.717, 1.165) is 12.1 Å². The van der Waals surface area contributed by atoms with Crippen molar-refractivity contribution in [3.8, 4) is 23.1 Å². The van der Waals surface area contributed by atoms with E-state index < -0.39 is 17.5 Å². The molecule has 140 valence electrons. The smallest absolute Gasteiger partial charge is 0.283 e. The number of furan rings is 1. The molecule has 4 rings (SSSR count). The van der Waals surface area contributed by atoms with Crippen molar-refractivity contribution in [2.45, 2.75) is 0 Å². The number of rotatable bonds is 4. The number of carbonyl (C=O) groups is 1. The van der Waals surface area contributed by atoms with Gasteiger partial charge in [0.15, 0.2) is 5.76 Å². The first-order valence-corrected chi connectivity index (χ1v) is 8.33. The third-order valence-corrected chi connectivity index (χ3v) is 4.03. The second-order valence-corrected chi connectivity index (χ2v) is 6.10. The summed E-state index contributed by atoms with van der Waals surface area (Å²) in [6.07, 6.45) is 1.45. The van der Waals surface area contributed by atoms with E-state index >= 15 is 0 Å². The van der Waals surface area contributed by atoms with Crippen molar-refractivity contribution in [3.63, 3.8) is 0 Å². The van der Waals surface area contributed by atoms with Gasteiger partial charge in [-0.15, -0.1) is 10.2 Å². The first-order valence-electron chi connectivity index (χ1n) is 7.95. The summed E-state index contributed by atoms with van der Waals surface area (Å²) in [5.74, 6) is -1.78. The molecular formula is C19H10ClF2N3O3. The molecule has 28 heavy (non-hydrogen) atoms. The van der Waals surface area contributed by atoms with Gasteiger partial charge in [-0.1, -0.05) is 11.6 Å². The summed E-state index contributed by atoms with van der Waals surface area (Å²) in [5.41, 5.74) is -0.182. The molecule has 0 bridgehead atoms. The van der Waals surface area contributed by atoms with Crippen LogP contribution in [-0.4, -0.2) is 16.1 Å². The highest BCUT2D eigenvalue weighted by Crippen LogP contribution is 2.26. The van der Waals surface area contributed by atoms with Gasteiger partial charge in [0.1, 0.15) is 11.6 Å². The van der Waals surface area contributed by atoms with Gasteiger partial charge in [-0.05, 0) is 48.5 Å². The number of benzene rings is 2. The van der Waals surface area contributed by atoms with Gasteiger partial charge < -0.3 is 14.2 Å². The molecule has 6 nitrogen and oxygen atoms in total. The van der Waals surface area contributed by atoms with E-state index in [2.05, 4.69) is 15.5 Å². The molecule has 0 saturated carbocycles. The average Bonchev–Trinajstić information content (AvgIpc) is 3.36. The van der Waals surface area contributed by atoms with Crippen molar-refractivity contribution in [2.24, 2.45) is 0 Å². The van der Waals surface area contributed by atoms with Crippen LogP contribution in [0.3, 0.4) is 0 Å². The number of amides is 1. The predicted octanol–water partition coefficient (Wildman–Crippen LogP) is 5.18. The quantitative estimate of drug-likeness (QED) is 0.509. The summed E-state index contributed by atoms with van der Waals surface area (Å²) in [7, 11) is 0. The minimum Gasteiger partial charge on any atom is -0.459 e. The molecule has 1 amide bonds. The van der Waals surface area contributed by atoms with Crippen LogP contribution in [0, 0.1) is 11.6 Å². The minimum absolute atomic E-state index is 0.0642. The Kier molecular flexibility index (Phi) is 4.62. The van der Waals surface area contributed by atoms with Crippen LogP contribution in [0.5, 0.6) is 0 Å². The molecule has 4 aromatic rings. The zero-order valence-electron chi connectivity index (χ0n) is 13.9. The minimum atomic E-state index is -0.855. The lowest BCUT2D eigenvalue weighted by atomic mass is 10.1. The van der Waals surface area contributed by atoms with Gasteiger partial charge in [0.25, 0.3) is 11.8 Å². The number of nitrogens with zero attached hydrogens (tertiary/aromatic N) is 2. The summed E-state index contributed by atoms with van der Waals surface area (Å²) in [5, 5.41) is 10.2. The number of anilines is 1. The van der Waals surface area contributed by atoms with E-state index in [1.165, 1.54) is 30.5 Å². The molecule has 1 N–H and O–H groups in total. The molecule has 2 aromatic heterocycles. The zero-order chi connectivity index (χ0) is 19.7. The van der Waals surface area contributed by atoms with Crippen molar-refractivity contribution in [1.29, 1.82) is 0 Å². The Morgan fingerprint density at radius 2 is 1.79 bits per heavy atom. The Morgan fingerprint density at radius 3 is 2.57 bits per heavy atom. The highest BCUT2D eigenvalue weighted by atomic mass is 35.5. The van der Waals surface area contributed by atoms with Crippen LogP contribution in [0.25, 0.3) is 23.1 Å². The Labute approximate surface area is 161 Å². The summed E-state index contributed by atoms with van der Waals surface area (Å²) < 4.78 is 38.7. The maximum Gasteiger partial charge on any atom is 0.283 e. The maximum atomic E-state index is 14.2. The maximum absolute atomic E-state index is 14.2. The molecule has 2 heterocycles. The van der Waals surface area contributed by atoms with Crippen molar-refractivity contribution < 1.29 is 22.4 Å². The number of carbonyl (C=O) groups excluding carboxylic acids is 1. The standard InChI is InChI=1S/C19H10ClF2N3O3/c20-11-4-6-14(22)15(9-11)23-17(26)12-8-10(3-5-13(12)21)18-24-25-19(28-18)16-2-1-7-27-16/h1-9H,(H,23,26). The first kappa shape index (κ1) is 17.9. The topological polar surface area (TPSA) is 81.2 Å². The number of halogens is 3. The summed E-state index contributed by atoms with van der Waals surface area (Å²) in [4.78, 5) is 12.4. The SMILES string of the molecule is O=C(Nc1cc(Cl)ccc1F)c1cc(-c2nnc(-c3ccco3)o2)ccc1F. The monoisotopic (exact) mass is 401 g/mol. The third-order valence-electron chi connectivity index (χ3n) is 3.79. The highest BCUT2D eigenvalue weighted by Gasteiger charge is 2.18.